The van der Waals surface area contributed by atoms with Gasteiger partial charge >= 0.3 is 0 Å². The first-order valence-corrected chi connectivity index (χ1v) is 8.15. The van der Waals surface area contributed by atoms with Crippen LogP contribution in [-0.2, 0) is 6.54 Å². The molecule has 0 saturated carbocycles. The molecule has 8 heteroatoms. The third-order valence-corrected chi connectivity index (χ3v) is 4.09. The number of carbonyl (C=O) groups excluding carboxylic acids is 1. The molecule has 0 aliphatic heterocycles. The van der Waals surface area contributed by atoms with Crippen LogP contribution in [0.1, 0.15) is 15.9 Å². The van der Waals surface area contributed by atoms with Crippen LogP contribution in [0.25, 0.3) is 11.3 Å². The highest BCUT2D eigenvalue weighted by Crippen LogP contribution is 2.23. The van der Waals surface area contributed by atoms with Crippen molar-refractivity contribution in [3.05, 3.63) is 80.4 Å². The van der Waals surface area contributed by atoms with Crippen LogP contribution in [0.2, 0.25) is 0 Å². The lowest BCUT2D eigenvalue weighted by molar-refractivity contribution is -0.384. The zero-order valence-corrected chi connectivity index (χ0v) is 14.5. The second-order valence-corrected chi connectivity index (χ2v) is 6.19. The van der Waals surface area contributed by atoms with Gasteiger partial charge in [-0.2, -0.15) is 5.10 Å². The molecule has 0 atom stereocenters. The van der Waals surface area contributed by atoms with E-state index >= 15 is 0 Å². The van der Waals surface area contributed by atoms with Crippen molar-refractivity contribution in [3.8, 4) is 11.3 Å². The second-order valence-electron chi connectivity index (χ2n) is 5.28. The molecule has 2 aromatic carbocycles. The lowest BCUT2D eigenvalue weighted by Gasteiger charge is -2.06. The number of nitrogens with one attached hydrogen (secondary N) is 2. The summed E-state index contributed by atoms with van der Waals surface area (Å²) < 4.78 is 0.939. The van der Waals surface area contributed by atoms with E-state index in [0.29, 0.717) is 23.4 Å². The number of hydrogen-bond donors (Lipinski definition) is 2. The molecular formula is C17H13BrN4O3. The van der Waals surface area contributed by atoms with Gasteiger partial charge in [0.05, 0.1) is 22.4 Å². The van der Waals surface area contributed by atoms with Crippen LogP contribution in [0.4, 0.5) is 5.69 Å². The standard InChI is InChI=1S/C17H13BrN4O3/c18-13-3-1-2-11(8-13)9-19-17(23)15-10-20-21-16(15)12-4-6-14(7-5-12)22(24)25/h1-8,10H,9H2,(H,19,23)(H,20,21). The van der Waals surface area contributed by atoms with E-state index < -0.39 is 4.92 Å². The van der Waals surface area contributed by atoms with E-state index in [1.165, 1.54) is 18.3 Å². The van der Waals surface area contributed by atoms with Crippen molar-refractivity contribution in [3.63, 3.8) is 0 Å². The summed E-state index contributed by atoms with van der Waals surface area (Å²) in [7, 11) is 0. The molecule has 0 saturated heterocycles. The van der Waals surface area contributed by atoms with Crippen LogP contribution in [0.3, 0.4) is 0 Å². The smallest absolute Gasteiger partial charge is 0.269 e. The molecule has 1 aromatic heterocycles. The quantitative estimate of drug-likeness (QED) is 0.503. The SMILES string of the molecule is O=C(NCc1cccc(Br)c1)c1cn[nH]c1-c1ccc([N+](=O)[O-])cc1. The monoisotopic (exact) mass is 400 g/mol. The Balaban J connectivity index is 1.76. The molecule has 1 heterocycles. The fraction of sp³-hybridized carbons (Fsp3) is 0.0588. The van der Waals surface area contributed by atoms with Crippen molar-refractivity contribution < 1.29 is 9.72 Å². The van der Waals surface area contributed by atoms with E-state index in [9.17, 15) is 14.9 Å². The number of halogens is 1. The number of benzene rings is 2. The van der Waals surface area contributed by atoms with Crippen LogP contribution < -0.4 is 5.32 Å². The molecule has 1 amide bonds. The summed E-state index contributed by atoms with van der Waals surface area (Å²) >= 11 is 3.39. The number of rotatable bonds is 5. The molecule has 25 heavy (non-hydrogen) atoms. The molecule has 0 spiro atoms. The summed E-state index contributed by atoms with van der Waals surface area (Å²) in [5.74, 6) is -0.276. The first-order valence-electron chi connectivity index (χ1n) is 7.35. The number of nitro groups is 1. The van der Waals surface area contributed by atoms with Crippen LogP contribution >= 0.6 is 15.9 Å². The van der Waals surface area contributed by atoms with Gasteiger partial charge < -0.3 is 5.32 Å². The average molecular weight is 401 g/mol. The Morgan fingerprint density at radius 1 is 1.24 bits per heavy atom. The summed E-state index contributed by atoms with van der Waals surface area (Å²) in [6.07, 6.45) is 1.44. The van der Waals surface area contributed by atoms with Crippen LogP contribution in [0, 0.1) is 10.1 Å². The fourth-order valence-electron chi connectivity index (χ4n) is 2.35. The first-order chi connectivity index (χ1) is 12.0. The zero-order chi connectivity index (χ0) is 17.8. The van der Waals surface area contributed by atoms with E-state index in [0.717, 1.165) is 10.0 Å². The highest BCUT2D eigenvalue weighted by molar-refractivity contribution is 9.10. The van der Waals surface area contributed by atoms with Gasteiger partial charge in [0.2, 0.25) is 0 Å². The number of non-ortho nitro benzene ring substituents is 1. The normalized spacial score (nSPS) is 10.4. The number of nitrogens with zero attached hydrogens (tertiary/aromatic N) is 2. The average Bonchev–Trinajstić information content (AvgIpc) is 3.09. The van der Waals surface area contributed by atoms with Gasteiger partial charge in [0, 0.05) is 28.7 Å². The van der Waals surface area contributed by atoms with Gasteiger partial charge in [-0.15, -0.1) is 0 Å². The Bertz CT molecular complexity index is 922. The number of aromatic nitrogens is 2. The Hall–Kier alpha value is -3.00. The summed E-state index contributed by atoms with van der Waals surface area (Å²) in [6.45, 7) is 0.378. The molecule has 3 aromatic rings. The number of hydrogen-bond acceptors (Lipinski definition) is 4. The summed E-state index contributed by atoms with van der Waals surface area (Å²) in [5, 5.41) is 20.3. The Kier molecular flexibility index (Phi) is 4.90. The predicted octanol–water partition coefficient (Wildman–Crippen LogP) is 3.68. The van der Waals surface area contributed by atoms with Crippen molar-refractivity contribution >= 4 is 27.5 Å². The summed E-state index contributed by atoms with van der Waals surface area (Å²) in [6, 6.07) is 13.6. The van der Waals surface area contributed by atoms with Gasteiger partial charge in [0.25, 0.3) is 11.6 Å². The number of aromatic amines is 1. The molecule has 0 aliphatic carbocycles. The molecule has 3 rings (SSSR count). The Morgan fingerprint density at radius 3 is 2.68 bits per heavy atom. The third-order valence-electron chi connectivity index (χ3n) is 3.59. The number of H-pyrrole nitrogens is 1. The van der Waals surface area contributed by atoms with Crippen molar-refractivity contribution in [2.24, 2.45) is 0 Å². The number of nitro benzene ring substituents is 1. The van der Waals surface area contributed by atoms with Gasteiger partial charge in [0.1, 0.15) is 0 Å². The largest absolute Gasteiger partial charge is 0.348 e. The molecule has 2 N–H and O–H groups in total. The molecular weight excluding hydrogens is 388 g/mol. The van der Waals surface area contributed by atoms with E-state index in [2.05, 4.69) is 31.4 Å². The zero-order valence-electron chi connectivity index (χ0n) is 12.9. The van der Waals surface area contributed by atoms with Crippen molar-refractivity contribution in [2.45, 2.75) is 6.54 Å². The van der Waals surface area contributed by atoms with Crippen molar-refractivity contribution in [1.82, 2.24) is 15.5 Å². The minimum absolute atomic E-state index is 0.0103. The predicted molar refractivity (Wildman–Crippen MR) is 96.0 cm³/mol. The molecule has 0 aliphatic rings. The first kappa shape index (κ1) is 16.8. The van der Waals surface area contributed by atoms with Gasteiger partial charge in [-0.1, -0.05) is 28.1 Å². The molecule has 0 radical (unpaired) electrons. The van der Waals surface area contributed by atoms with Crippen molar-refractivity contribution in [1.29, 1.82) is 0 Å². The van der Waals surface area contributed by atoms with E-state index in [1.807, 2.05) is 24.3 Å². The van der Waals surface area contributed by atoms with Crippen LogP contribution in [0.5, 0.6) is 0 Å². The number of amides is 1. The minimum atomic E-state index is -0.470. The lowest BCUT2D eigenvalue weighted by atomic mass is 10.1. The highest BCUT2D eigenvalue weighted by atomic mass is 79.9. The van der Waals surface area contributed by atoms with Gasteiger partial charge in [-0.25, -0.2) is 0 Å². The van der Waals surface area contributed by atoms with Gasteiger partial charge in [-0.05, 0) is 29.8 Å². The Labute approximate surface area is 151 Å². The minimum Gasteiger partial charge on any atom is -0.348 e. The number of carbonyl (C=O) groups is 1. The lowest BCUT2D eigenvalue weighted by Crippen LogP contribution is -2.22. The second kappa shape index (κ2) is 7.27. The third kappa shape index (κ3) is 3.92. The van der Waals surface area contributed by atoms with Crippen molar-refractivity contribution in [2.75, 3.05) is 0 Å². The fourth-order valence-corrected chi connectivity index (χ4v) is 2.80. The molecule has 126 valence electrons. The van der Waals surface area contributed by atoms with E-state index in [-0.39, 0.29) is 11.6 Å². The molecule has 0 fully saturated rings. The molecule has 0 bridgehead atoms. The maximum Gasteiger partial charge on any atom is 0.269 e. The summed E-state index contributed by atoms with van der Waals surface area (Å²) in [5.41, 5.74) is 2.49. The van der Waals surface area contributed by atoms with E-state index in [1.54, 1.807) is 12.1 Å². The topological polar surface area (TPSA) is 101 Å². The van der Waals surface area contributed by atoms with Crippen LogP contribution in [0.15, 0.2) is 59.2 Å². The van der Waals surface area contributed by atoms with E-state index in [4.69, 9.17) is 0 Å². The molecule has 7 nitrogen and oxygen atoms in total. The van der Waals surface area contributed by atoms with Gasteiger partial charge in [-0.3, -0.25) is 20.0 Å². The maximum absolute atomic E-state index is 12.4. The Morgan fingerprint density at radius 2 is 2.00 bits per heavy atom. The van der Waals surface area contributed by atoms with Gasteiger partial charge in [0.15, 0.2) is 0 Å². The van der Waals surface area contributed by atoms with Crippen LogP contribution in [-0.4, -0.2) is 21.0 Å². The maximum atomic E-state index is 12.4. The summed E-state index contributed by atoms with van der Waals surface area (Å²) in [4.78, 5) is 22.7. The highest BCUT2D eigenvalue weighted by Gasteiger charge is 2.16. The molecule has 0 unspecified atom stereocenters.